The number of rotatable bonds is 6. The van der Waals surface area contributed by atoms with Crippen LogP contribution in [0.25, 0.3) is 0 Å². The van der Waals surface area contributed by atoms with Crippen molar-refractivity contribution in [2.45, 2.75) is 44.4 Å². The number of hydrogen-bond donors (Lipinski definition) is 1. The van der Waals surface area contributed by atoms with Crippen LogP contribution in [-0.2, 0) is 16.4 Å². The first-order chi connectivity index (χ1) is 10.5. The molecule has 0 bridgehead atoms. The zero-order valence-corrected chi connectivity index (χ0v) is 14.2. The van der Waals surface area contributed by atoms with E-state index in [2.05, 4.69) is 25.5 Å². The van der Waals surface area contributed by atoms with E-state index in [1.165, 1.54) is 5.56 Å². The number of aryl methyl sites for hydroxylation is 1. The summed E-state index contributed by atoms with van der Waals surface area (Å²) in [6.07, 6.45) is 1.97. The fourth-order valence-corrected chi connectivity index (χ4v) is 3.29. The predicted octanol–water partition coefficient (Wildman–Crippen LogP) is 4.56. The molecule has 0 spiro atoms. The molecule has 1 N–H and O–H groups in total. The van der Waals surface area contributed by atoms with Gasteiger partial charge in [0.05, 0.1) is 4.90 Å². The van der Waals surface area contributed by atoms with E-state index in [1.54, 1.807) is 24.3 Å². The van der Waals surface area contributed by atoms with Gasteiger partial charge in [-0.15, -0.1) is 0 Å². The van der Waals surface area contributed by atoms with Crippen molar-refractivity contribution in [1.29, 1.82) is 0 Å². The van der Waals surface area contributed by atoms with E-state index in [1.807, 2.05) is 24.3 Å². The molecular weight excluding hydrogens is 294 g/mol. The van der Waals surface area contributed by atoms with E-state index in [0.717, 1.165) is 18.4 Å². The van der Waals surface area contributed by atoms with Crippen molar-refractivity contribution in [2.75, 3.05) is 4.72 Å². The highest BCUT2D eigenvalue weighted by Crippen LogP contribution is 2.22. The van der Waals surface area contributed by atoms with E-state index in [-0.39, 0.29) is 0 Å². The zero-order valence-electron chi connectivity index (χ0n) is 13.3. The van der Waals surface area contributed by atoms with Crippen molar-refractivity contribution in [3.63, 3.8) is 0 Å². The van der Waals surface area contributed by atoms with Gasteiger partial charge in [-0.3, -0.25) is 4.72 Å². The topological polar surface area (TPSA) is 46.2 Å². The van der Waals surface area contributed by atoms with Crippen LogP contribution in [0.1, 0.15) is 44.2 Å². The third-order valence-corrected chi connectivity index (χ3v) is 5.38. The van der Waals surface area contributed by atoms with Crippen LogP contribution in [0, 0.1) is 0 Å². The normalized spacial score (nSPS) is 12.9. The van der Waals surface area contributed by atoms with Gasteiger partial charge in [0.2, 0.25) is 0 Å². The molecule has 0 saturated carbocycles. The Bertz CT molecular complexity index is 704. The Morgan fingerprint density at radius 1 is 0.955 bits per heavy atom. The molecule has 2 aromatic carbocycles. The fraction of sp³-hybridized carbons (Fsp3) is 0.333. The molecule has 1 atom stereocenters. The summed E-state index contributed by atoms with van der Waals surface area (Å²) in [5.41, 5.74) is 2.93. The Morgan fingerprint density at radius 3 is 2.05 bits per heavy atom. The van der Waals surface area contributed by atoms with Crippen LogP contribution >= 0.6 is 0 Å². The van der Waals surface area contributed by atoms with Gasteiger partial charge < -0.3 is 0 Å². The quantitative estimate of drug-likeness (QED) is 0.848. The van der Waals surface area contributed by atoms with Gasteiger partial charge in [0, 0.05) is 5.69 Å². The van der Waals surface area contributed by atoms with Crippen LogP contribution in [0.2, 0.25) is 0 Å². The van der Waals surface area contributed by atoms with E-state index in [0.29, 0.717) is 16.5 Å². The molecule has 0 aliphatic rings. The highest BCUT2D eigenvalue weighted by Gasteiger charge is 2.14. The van der Waals surface area contributed by atoms with Crippen LogP contribution < -0.4 is 4.72 Å². The molecular formula is C18H23NO2S. The minimum Gasteiger partial charge on any atom is -0.280 e. The highest BCUT2D eigenvalue weighted by molar-refractivity contribution is 7.92. The molecule has 0 unspecified atom stereocenters. The monoisotopic (exact) mass is 317 g/mol. The number of sulfonamides is 1. The smallest absolute Gasteiger partial charge is 0.261 e. The van der Waals surface area contributed by atoms with Crippen molar-refractivity contribution in [1.82, 2.24) is 0 Å². The molecule has 2 aromatic rings. The van der Waals surface area contributed by atoms with Gasteiger partial charge >= 0.3 is 0 Å². The Hall–Kier alpha value is -1.81. The molecule has 0 saturated heterocycles. The summed E-state index contributed by atoms with van der Waals surface area (Å²) < 4.78 is 27.4. The van der Waals surface area contributed by atoms with Gasteiger partial charge in [-0.25, -0.2) is 8.42 Å². The fourth-order valence-electron chi connectivity index (χ4n) is 2.23. The van der Waals surface area contributed by atoms with Crippen LogP contribution in [0.5, 0.6) is 0 Å². The van der Waals surface area contributed by atoms with E-state index in [4.69, 9.17) is 0 Å². The number of benzene rings is 2. The number of nitrogens with one attached hydrogen (secondary N) is 1. The molecule has 22 heavy (non-hydrogen) atoms. The molecule has 0 amide bonds. The van der Waals surface area contributed by atoms with E-state index < -0.39 is 10.0 Å². The molecule has 0 aliphatic heterocycles. The summed E-state index contributed by atoms with van der Waals surface area (Å²) in [6, 6.07) is 14.6. The van der Waals surface area contributed by atoms with Gasteiger partial charge in [-0.1, -0.05) is 45.0 Å². The lowest BCUT2D eigenvalue weighted by atomic mass is 9.99. The van der Waals surface area contributed by atoms with E-state index in [9.17, 15) is 8.42 Å². The molecule has 0 radical (unpaired) electrons. The third kappa shape index (κ3) is 3.89. The van der Waals surface area contributed by atoms with Crippen molar-refractivity contribution in [3.05, 3.63) is 59.7 Å². The second kappa shape index (κ2) is 6.97. The SMILES string of the molecule is CCc1ccc(NS(=O)(=O)c2ccc([C@@H](C)CC)cc2)cc1. The summed E-state index contributed by atoms with van der Waals surface area (Å²) in [4.78, 5) is 0.291. The summed E-state index contributed by atoms with van der Waals surface area (Å²) in [7, 11) is -3.53. The lowest BCUT2D eigenvalue weighted by Crippen LogP contribution is -2.13. The Kier molecular flexibility index (Phi) is 5.24. The van der Waals surface area contributed by atoms with E-state index >= 15 is 0 Å². The van der Waals surface area contributed by atoms with Crippen molar-refractivity contribution < 1.29 is 8.42 Å². The third-order valence-electron chi connectivity index (χ3n) is 3.99. The average Bonchev–Trinajstić information content (AvgIpc) is 2.54. The lowest BCUT2D eigenvalue weighted by Gasteiger charge is -2.11. The van der Waals surface area contributed by atoms with Gasteiger partial charge in [-0.05, 0) is 54.2 Å². The molecule has 0 aromatic heterocycles. The average molecular weight is 317 g/mol. The first-order valence-electron chi connectivity index (χ1n) is 7.68. The number of hydrogen-bond acceptors (Lipinski definition) is 2. The summed E-state index contributed by atoms with van der Waals surface area (Å²) in [6.45, 7) is 6.33. The molecule has 0 aliphatic carbocycles. The van der Waals surface area contributed by atoms with Gasteiger partial charge in [0.25, 0.3) is 10.0 Å². The maximum absolute atomic E-state index is 12.4. The molecule has 2 rings (SSSR count). The standard InChI is InChI=1S/C18H23NO2S/c1-4-14(3)16-8-12-18(13-9-16)22(20,21)19-17-10-6-15(5-2)7-11-17/h6-14,19H,4-5H2,1-3H3/t14-/m0/s1. The van der Waals surface area contributed by atoms with Crippen molar-refractivity contribution >= 4 is 15.7 Å². The first-order valence-corrected chi connectivity index (χ1v) is 9.16. The summed E-state index contributed by atoms with van der Waals surface area (Å²) in [5, 5.41) is 0. The summed E-state index contributed by atoms with van der Waals surface area (Å²) >= 11 is 0. The highest BCUT2D eigenvalue weighted by atomic mass is 32.2. The van der Waals surface area contributed by atoms with Crippen molar-refractivity contribution in [2.24, 2.45) is 0 Å². The maximum Gasteiger partial charge on any atom is 0.261 e. The van der Waals surface area contributed by atoms with Crippen LogP contribution in [0.15, 0.2) is 53.4 Å². The molecule has 3 nitrogen and oxygen atoms in total. The predicted molar refractivity (Wildman–Crippen MR) is 91.8 cm³/mol. The van der Waals surface area contributed by atoms with Gasteiger partial charge in [0.15, 0.2) is 0 Å². The maximum atomic E-state index is 12.4. The van der Waals surface area contributed by atoms with Crippen LogP contribution in [-0.4, -0.2) is 8.42 Å². The molecule has 4 heteroatoms. The first kappa shape index (κ1) is 16.6. The Labute approximate surface area is 133 Å². The van der Waals surface area contributed by atoms with Crippen molar-refractivity contribution in [3.8, 4) is 0 Å². The summed E-state index contributed by atoms with van der Waals surface area (Å²) in [5.74, 6) is 0.436. The second-order valence-corrected chi connectivity index (χ2v) is 7.22. The Balaban J connectivity index is 2.18. The number of anilines is 1. The lowest BCUT2D eigenvalue weighted by molar-refractivity contribution is 0.601. The second-order valence-electron chi connectivity index (χ2n) is 5.53. The Morgan fingerprint density at radius 2 is 1.55 bits per heavy atom. The minimum absolute atomic E-state index is 0.291. The van der Waals surface area contributed by atoms with Crippen LogP contribution in [0.4, 0.5) is 5.69 Å². The minimum atomic E-state index is -3.53. The van der Waals surface area contributed by atoms with Gasteiger partial charge in [-0.2, -0.15) is 0 Å². The molecule has 0 fully saturated rings. The largest absolute Gasteiger partial charge is 0.280 e. The van der Waals surface area contributed by atoms with Crippen LogP contribution in [0.3, 0.4) is 0 Å². The zero-order chi connectivity index (χ0) is 16.2. The van der Waals surface area contributed by atoms with Gasteiger partial charge in [0.1, 0.15) is 0 Å². The molecule has 118 valence electrons. The molecule has 0 heterocycles.